The summed E-state index contributed by atoms with van der Waals surface area (Å²) in [6.45, 7) is 2.26. The molecule has 1 atom stereocenters. The maximum atomic E-state index is 6.94. The third kappa shape index (κ3) is 6.27. The number of hydrogen-bond donors (Lipinski definition) is 0. The van der Waals surface area contributed by atoms with E-state index in [9.17, 15) is 0 Å². The quantitative estimate of drug-likeness (QED) is 0.156. The van der Waals surface area contributed by atoms with E-state index >= 15 is 0 Å². The highest BCUT2D eigenvalue weighted by Crippen LogP contribution is 2.43. The minimum Gasteiger partial charge on any atom is -0.458 e. The average molecular weight is 921 g/mol. The molecule has 15 rings (SSSR count). The smallest absolute Gasteiger partial charge is 0.260 e. The van der Waals surface area contributed by atoms with Crippen LogP contribution < -0.4 is 25.9 Å². The summed E-state index contributed by atoms with van der Waals surface area (Å²) in [5, 5.41) is 4.89. The number of allylic oxidation sites excluding steroid dienone is 4. The first-order chi connectivity index (χ1) is 35.5. The van der Waals surface area contributed by atoms with Crippen molar-refractivity contribution in [3.05, 3.63) is 248 Å². The predicted molar refractivity (Wildman–Crippen MR) is 299 cm³/mol. The molecule has 0 fully saturated rings. The molecular formula is C67H45BN2O2. The molecule has 4 nitrogen and oxygen atoms in total. The molecule has 2 aromatic heterocycles. The lowest BCUT2D eigenvalue weighted by molar-refractivity contribution is 0.464. The van der Waals surface area contributed by atoms with Gasteiger partial charge in [0.25, 0.3) is 6.71 Å². The van der Waals surface area contributed by atoms with Gasteiger partial charge in [0.15, 0.2) is 0 Å². The van der Waals surface area contributed by atoms with E-state index < -0.39 is 0 Å². The molecule has 5 heteroatoms. The van der Waals surface area contributed by atoms with Crippen LogP contribution in [-0.4, -0.2) is 15.8 Å². The van der Waals surface area contributed by atoms with E-state index in [1.165, 1.54) is 60.5 Å². The van der Waals surface area contributed by atoms with Gasteiger partial charge in [-0.1, -0.05) is 165 Å². The molecule has 2 aliphatic heterocycles. The Bertz CT molecular complexity index is 4170. The molecule has 1 aliphatic carbocycles. The lowest BCUT2D eigenvalue weighted by atomic mass is 9.35. The van der Waals surface area contributed by atoms with E-state index in [1.807, 2.05) is 6.07 Å². The largest absolute Gasteiger partial charge is 0.458 e. The van der Waals surface area contributed by atoms with Crippen molar-refractivity contribution < 1.29 is 9.47 Å². The molecule has 0 saturated carbocycles. The Labute approximate surface area is 418 Å². The van der Waals surface area contributed by atoms with Gasteiger partial charge in [0.2, 0.25) is 0 Å². The van der Waals surface area contributed by atoms with Crippen LogP contribution in [0.5, 0.6) is 23.0 Å². The number of nitrogens with zero attached hydrogens (tertiary/aromatic N) is 2. The average Bonchev–Trinajstić information content (AvgIpc) is 3.95. The molecule has 10 aromatic carbocycles. The van der Waals surface area contributed by atoms with E-state index in [0.717, 1.165) is 79.2 Å². The predicted octanol–water partition coefficient (Wildman–Crippen LogP) is 15.4. The van der Waals surface area contributed by atoms with Gasteiger partial charge in [0.1, 0.15) is 23.0 Å². The van der Waals surface area contributed by atoms with Crippen molar-refractivity contribution in [1.29, 1.82) is 0 Å². The minimum absolute atomic E-state index is 0.0796. The standard InChI is InChI=1S/C67H45BN2O2/c1-67(35-12-5-13-36-67)49-26-34-61-55(40-49)54-39-48(45-19-10-4-11-20-45)25-33-60(54)70(61)51-28-30-57-65(42-51)72-63-22-14-21-62-66(63)68(57)56-29-27-50(41-64(56)71-62)69-58-31-23-46(43-15-6-2-7-16-43)37-52(58)53-38-47(24-32-59(53)69)44-17-8-3-9-18-44/h2-35,37-42H,36H2,1H3. The molecular weight excluding hydrogens is 876 g/mol. The van der Waals surface area contributed by atoms with Crippen molar-refractivity contribution in [2.75, 3.05) is 0 Å². The van der Waals surface area contributed by atoms with Crippen molar-refractivity contribution >= 4 is 66.7 Å². The van der Waals surface area contributed by atoms with Crippen LogP contribution in [0.1, 0.15) is 18.9 Å². The zero-order valence-electron chi connectivity index (χ0n) is 39.6. The number of benzene rings is 10. The van der Waals surface area contributed by atoms with Crippen LogP contribution in [0.4, 0.5) is 0 Å². The second-order valence-corrected chi connectivity index (χ2v) is 19.9. The van der Waals surface area contributed by atoms with Crippen LogP contribution in [0.15, 0.2) is 243 Å². The fourth-order valence-electron chi connectivity index (χ4n) is 12.0. The molecule has 12 aromatic rings. The number of ether oxygens (including phenoxy) is 2. The van der Waals surface area contributed by atoms with E-state index in [1.54, 1.807) is 0 Å². The summed E-state index contributed by atoms with van der Waals surface area (Å²) in [6, 6.07) is 79.5. The van der Waals surface area contributed by atoms with Gasteiger partial charge in [-0.2, -0.15) is 0 Å². The molecule has 72 heavy (non-hydrogen) atoms. The number of fused-ring (bicyclic) bond motifs is 10. The third-order valence-electron chi connectivity index (χ3n) is 15.7. The Kier molecular flexibility index (Phi) is 8.91. The van der Waals surface area contributed by atoms with E-state index in [4.69, 9.17) is 9.47 Å². The summed E-state index contributed by atoms with van der Waals surface area (Å²) < 4.78 is 18.7. The molecule has 1 unspecified atom stereocenters. The topological polar surface area (TPSA) is 28.3 Å². The SMILES string of the molecule is CC1(c2ccc3c(c2)c2cc(-c4ccccc4)ccc2n3-c2ccc3c(c2)Oc2cccc4c2B3c2ccc(-n3c5ccc(-c6ccccc6)cc5c5cc(-c6ccccc6)ccc53)cc2O4)C=CC=CC1. The second kappa shape index (κ2) is 15.7. The highest BCUT2D eigenvalue weighted by Gasteiger charge is 2.40. The Morgan fingerprint density at radius 2 is 0.833 bits per heavy atom. The van der Waals surface area contributed by atoms with Crippen LogP contribution in [0.2, 0.25) is 0 Å². The second-order valence-electron chi connectivity index (χ2n) is 19.9. The van der Waals surface area contributed by atoms with Crippen molar-refractivity contribution in [1.82, 2.24) is 9.13 Å². The monoisotopic (exact) mass is 920 g/mol. The van der Waals surface area contributed by atoms with E-state index in [0.29, 0.717) is 0 Å². The van der Waals surface area contributed by atoms with Crippen molar-refractivity contribution in [2.24, 2.45) is 0 Å². The molecule has 0 bridgehead atoms. The summed E-state index contributed by atoms with van der Waals surface area (Å²) >= 11 is 0. The fraction of sp³-hybridized carbons (Fsp3) is 0.0448. The summed E-state index contributed by atoms with van der Waals surface area (Å²) in [6.07, 6.45) is 9.93. The summed E-state index contributed by atoms with van der Waals surface area (Å²) in [4.78, 5) is 0. The zero-order valence-corrected chi connectivity index (χ0v) is 39.6. The number of hydrogen-bond acceptors (Lipinski definition) is 2. The fourth-order valence-corrected chi connectivity index (χ4v) is 12.0. The Hall–Kier alpha value is -9.06. The first-order valence-electron chi connectivity index (χ1n) is 25.0. The van der Waals surface area contributed by atoms with Gasteiger partial charge in [-0.15, -0.1) is 0 Å². The summed E-state index contributed by atoms with van der Waals surface area (Å²) in [5.74, 6) is 3.35. The lowest BCUT2D eigenvalue weighted by Gasteiger charge is -2.33. The first kappa shape index (κ1) is 40.8. The summed E-state index contributed by atoms with van der Waals surface area (Å²) in [5.41, 5.74) is 18.4. The van der Waals surface area contributed by atoms with Crippen molar-refractivity contribution in [3.63, 3.8) is 0 Å². The van der Waals surface area contributed by atoms with Crippen LogP contribution in [0.3, 0.4) is 0 Å². The van der Waals surface area contributed by atoms with Gasteiger partial charge < -0.3 is 18.6 Å². The maximum Gasteiger partial charge on any atom is 0.260 e. The molecule has 338 valence electrons. The molecule has 0 saturated heterocycles. The highest BCUT2D eigenvalue weighted by molar-refractivity contribution is 6.98. The Morgan fingerprint density at radius 3 is 1.28 bits per heavy atom. The number of rotatable bonds is 6. The number of aromatic nitrogens is 2. The Balaban J connectivity index is 0.868. The normalized spacial score (nSPS) is 15.4. The Morgan fingerprint density at radius 1 is 0.389 bits per heavy atom. The molecule has 0 radical (unpaired) electrons. The molecule has 0 N–H and O–H groups in total. The van der Waals surface area contributed by atoms with Crippen LogP contribution in [-0.2, 0) is 5.41 Å². The summed E-state index contributed by atoms with van der Waals surface area (Å²) in [7, 11) is 0. The van der Waals surface area contributed by atoms with Gasteiger partial charge in [-0.3, -0.25) is 0 Å². The van der Waals surface area contributed by atoms with Crippen LogP contribution >= 0.6 is 0 Å². The lowest BCUT2D eigenvalue weighted by Crippen LogP contribution is -2.57. The van der Waals surface area contributed by atoms with Crippen molar-refractivity contribution in [3.8, 4) is 67.8 Å². The molecule has 0 spiro atoms. The molecule has 4 heterocycles. The van der Waals surface area contributed by atoms with Gasteiger partial charge in [0.05, 0.1) is 22.1 Å². The highest BCUT2D eigenvalue weighted by atomic mass is 16.5. The van der Waals surface area contributed by atoms with Crippen molar-refractivity contribution in [2.45, 2.75) is 18.8 Å². The van der Waals surface area contributed by atoms with Gasteiger partial charge >= 0.3 is 0 Å². The molecule has 0 amide bonds. The van der Waals surface area contributed by atoms with Gasteiger partial charge in [0, 0.05) is 55.9 Å². The van der Waals surface area contributed by atoms with Gasteiger partial charge in [-0.25, -0.2) is 0 Å². The van der Waals surface area contributed by atoms with E-state index in [-0.39, 0.29) is 12.1 Å². The third-order valence-corrected chi connectivity index (χ3v) is 15.7. The maximum absolute atomic E-state index is 6.94. The first-order valence-corrected chi connectivity index (χ1v) is 25.0. The minimum atomic E-state index is -0.0840. The van der Waals surface area contributed by atoms with Crippen LogP contribution in [0, 0.1) is 0 Å². The van der Waals surface area contributed by atoms with Crippen LogP contribution in [0.25, 0.3) is 88.4 Å². The molecule has 3 aliphatic rings. The zero-order chi connectivity index (χ0) is 47.5. The van der Waals surface area contributed by atoms with Gasteiger partial charge in [-0.05, 0) is 129 Å². The van der Waals surface area contributed by atoms with E-state index in [2.05, 4.69) is 253 Å².